The summed E-state index contributed by atoms with van der Waals surface area (Å²) in [4.78, 5) is 17.0. The predicted octanol–water partition coefficient (Wildman–Crippen LogP) is 4.72. The fourth-order valence-corrected chi connectivity index (χ4v) is 3.21. The van der Waals surface area contributed by atoms with Crippen LogP contribution < -0.4 is 10.1 Å². The van der Waals surface area contributed by atoms with Crippen LogP contribution in [0.3, 0.4) is 0 Å². The molecule has 30 heavy (non-hydrogen) atoms. The van der Waals surface area contributed by atoms with E-state index in [9.17, 15) is 4.79 Å². The van der Waals surface area contributed by atoms with E-state index in [1.165, 1.54) is 0 Å². The zero-order valence-corrected chi connectivity index (χ0v) is 16.9. The molecular weight excluding hydrogens is 376 g/mol. The van der Waals surface area contributed by atoms with Crippen molar-refractivity contribution in [1.29, 1.82) is 0 Å². The van der Waals surface area contributed by atoms with Crippen LogP contribution in [0, 0.1) is 13.8 Å². The molecular formula is C24H22N4O2. The van der Waals surface area contributed by atoms with Crippen molar-refractivity contribution in [2.24, 2.45) is 0 Å². The normalized spacial score (nSPS) is 10.6. The van der Waals surface area contributed by atoms with Crippen LogP contribution in [0.5, 0.6) is 5.75 Å². The third kappa shape index (κ3) is 4.38. The average molecular weight is 398 g/mol. The summed E-state index contributed by atoms with van der Waals surface area (Å²) in [6.45, 7) is 4.32. The van der Waals surface area contributed by atoms with Crippen LogP contribution in [0.2, 0.25) is 0 Å². The van der Waals surface area contributed by atoms with E-state index in [1.807, 2.05) is 67.1 Å². The Morgan fingerprint density at radius 1 is 1.03 bits per heavy atom. The van der Waals surface area contributed by atoms with Gasteiger partial charge in [0.2, 0.25) is 0 Å². The molecule has 0 radical (unpaired) electrons. The van der Waals surface area contributed by atoms with Crippen molar-refractivity contribution in [3.05, 3.63) is 102 Å². The molecule has 4 aromatic rings. The number of amides is 1. The summed E-state index contributed by atoms with van der Waals surface area (Å²) < 4.78 is 7.64. The monoisotopic (exact) mass is 398 g/mol. The molecule has 2 aromatic carbocycles. The number of hydrogen-bond donors (Lipinski definition) is 1. The molecule has 0 saturated carbocycles. The number of carbonyl (C=O) groups excluding carboxylic acids is 1. The first-order chi connectivity index (χ1) is 14.6. The minimum Gasteiger partial charge on any atom is -0.489 e. The maximum absolute atomic E-state index is 12.9. The highest BCUT2D eigenvalue weighted by molar-refractivity contribution is 6.05. The lowest BCUT2D eigenvalue weighted by molar-refractivity contribution is 0.102. The zero-order chi connectivity index (χ0) is 20.9. The van der Waals surface area contributed by atoms with Gasteiger partial charge in [-0.1, -0.05) is 24.3 Å². The van der Waals surface area contributed by atoms with Crippen LogP contribution in [-0.4, -0.2) is 20.7 Å². The van der Waals surface area contributed by atoms with E-state index >= 15 is 0 Å². The Hall–Kier alpha value is -3.93. The van der Waals surface area contributed by atoms with Crippen LogP contribution in [0.1, 0.15) is 27.3 Å². The first-order valence-corrected chi connectivity index (χ1v) is 9.66. The highest BCUT2D eigenvalue weighted by Gasteiger charge is 2.13. The number of nitrogens with one attached hydrogen (secondary N) is 1. The minimum atomic E-state index is -0.212. The lowest BCUT2D eigenvalue weighted by atomic mass is 10.2. The molecule has 0 aliphatic carbocycles. The smallest absolute Gasteiger partial charge is 0.255 e. The van der Waals surface area contributed by atoms with E-state index in [0.29, 0.717) is 23.6 Å². The number of para-hydroxylation sites is 2. The first kappa shape index (κ1) is 19.4. The number of aryl methyl sites for hydroxylation is 2. The summed E-state index contributed by atoms with van der Waals surface area (Å²) in [7, 11) is 0. The fraction of sp³-hybridized carbons (Fsp3) is 0.125. The van der Waals surface area contributed by atoms with Crippen molar-refractivity contribution in [2.75, 3.05) is 5.32 Å². The van der Waals surface area contributed by atoms with Gasteiger partial charge in [-0.3, -0.25) is 9.78 Å². The number of benzene rings is 2. The van der Waals surface area contributed by atoms with Crippen molar-refractivity contribution < 1.29 is 9.53 Å². The van der Waals surface area contributed by atoms with Gasteiger partial charge in [-0.2, -0.15) is 5.10 Å². The zero-order valence-electron chi connectivity index (χ0n) is 16.9. The summed E-state index contributed by atoms with van der Waals surface area (Å²) in [5, 5.41) is 7.53. The van der Waals surface area contributed by atoms with Crippen molar-refractivity contribution in [3.8, 4) is 11.4 Å². The Morgan fingerprint density at radius 2 is 1.90 bits per heavy atom. The molecule has 1 N–H and O–H groups in total. The standard InChI is InChI=1S/C24H22N4O2/c1-17-13-18(2)28(27-17)23-11-4-3-10-22(23)26-24(29)20-8-5-9-21(14-20)30-16-19-7-6-12-25-15-19/h3-15H,16H2,1-2H3,(H,26,29). The van der Waals surface area contributed by atoms with Gasteiger partial charge in [-0.25, -0.2) is 4.68 Å². The second kappa shape index (κ2) is 8.61. The van der Waals surface area contributed by atoms with E-state index in [-0.39, 0.29) is 5.91 Å². The molecule has 150 valence electrons. The highest BCUT2D eigenvalue weighted by atomic mass is 16.5. The van der Waals surface area contributed by atoms with Gasteiger partial charge in [0.05, 0.1) is 17.1 Å². The van der Waals surface area contributed by atoms with Crippen LogP contribution in [0.25, 0.3) is 5.69 Å². The molecule has 0 unspecified atom stereocenters. The Bertz CT molecular complexity index is 1170. The van der Waals surface area contributed by atoms with Gasteiger partial charge in [0, 0.05) is 29.2 Å². The molecule has 6 nitrogen and oxygen atoms in total. The summed E-state index contributed by atoms with van der Waals surface area (Å²) >= 11 is 0. The average Bonchev–Trinajstić information content (AvgIpc) is 3.11. The van der Waals surface area contributed by atoms with Crippen molar-refractivity contribution in [1.82, 2.24) is 14.8 Å². The Kier molecular flexibility index (Phi) is 5.57. The van der Waals surface area contributed by atoms with E-state index < -0.39 is 0 Å². The van der Waals surface area contributed by atoms with Crippen LogP contribution >= 0.6 is 0 Å². The second-order valence-electron chi connectivity index (χ2n) is 6.99. The fourth-order valence-electron chi connectivity index (χ4n) is 3.21. The van der Waals surface area contributed by atoms with Crippen molar-refractivity contribution >= 4 is 11.6 Å². The number of anilines is 1. The molecule has 2 heterocycles. The molecule has 4 rings (SSSR count). The van der Waals surface area contributed by atoms with E-state index in [0.717, 1.165) is 22.6 Å². The largest absolute Gasteiger partial charge is 0.489 e. The molecule has 2 aromatic heterocycles. The Labute approximate surface area is 175 Å². The summed E-state index contributed by atoms with van der Waals surface area (Å²) in [5.74, 6) is 0.411. The van der Waals surface area contributed by atoms with Gasteiger partial charge in [-0.15, -0.1) is 0 Å². The molecule has 1 amide bonds. The molecule has 0 fully saturated rings. The Morgan fingerprint density at radius 3 is 2.67 bits per heavy atom. The number of hydrogen-bond acceptors (Lipinski definition) is 4. The molecule has 0 saturated heterocycles. The lowest BCUT2D eigenvalue weighted by Crippen LogP contribution is -2.14. The SMILES string of the molecule is Cc1cc(C)n(-c2ccccc2NC(=O)c2cccc(OCc3cccnc3)c2)n1. The number of nitrogens with zero attached hydrogens (tertiary/aromatic N) is 3. The molecule has 6 heteroatoms. The van der Waals surface area contributed by atoms with Gasteiger partial charge >= 0.3 is 0 Å². The Balaban J connectivity index is 1.52. The molecule has 0 spiro atoms. The number of pyridine rings is 1. The van der Waals surface area contributed by atoms with Crippen LogP contribution in [-0.2, 0) is 6.61 Å². The number of ether oxygens (including phenoxy) is 1. The number of carbonyl (C=O) groups is 1. The van der Waals surface area contributed by atoms with Crippen LogP contribution in [0.4, 0.5) is 5.69 Å². The summed E-state index contributed by atoms with van der Waals surface area (Å²) in [6, 6.07) is 20.6. The summed E-state index contributed by atoms with van der Waals surface area (Å²) in [6.07, 6.45) is 3.48. The van der Waals surface area contributed by atoms with Gasteiger partial charge in [0.15, 0.2) is 0 Å². The molecule has 0 bridgehead atoms. The van der Waals surface area contributed by atoms with Crippen molar-refractivity contribution in [2.45, 2.75) is 20.5 Å². The highest BCUT2D eigenvalue weighted by Crippen LogP contribution is 2.23. The van der Waals surface area contributed by atoms with Gasteiger partial charge < -0.3 is 10.1 Å². The number of aromatic nitrogens is 3. The van der Waals surface area contributed by atoms with E-state index in [4.69, 9.17) is 4.74 Å². The molecule has 0 atom stereocenters. The third-order valence-electron chi connectivity index (χ3n) is 4.61. The topological polar surface area (TPSA) is 69.0 Å². The molecule has 0 aliphatic rings. The molecule has 0 aliphatic heterocycles. The third-order valence-corrected chi connectivity index (χ3v) is 4.61. The summed E-state index contributed by atoms with van der Waals surface area (Å²) in [5.41, 5.74) is 4.91. The first-order valence-electron chi connectivity index (χ1n) is 9.66. The lowest BCUT2D eigenvalue weighted by Gasteiger charge is -2.13. The second-order valence-corrected chi connectivity index (χ2v) is 6.99. The maximum Gasteiger partial charge on any atom is 0.255 e. The van der Waals surface area contributed by atoms with Crippen molar-refractivity contribution in [3.63, 3.8) is 0 Å². The van der Waals surface area contributed by atoms with Gasteiger partial charge in [-0.05, 0) is 56.3 Å². The van der Waals surface area contributed by atoms with Gasteiger partial charge in [0.25, 0.3) is 5.91 Å². The number of rotatable bonds is 6. The minimum absolute atomic E-state index is 0.212. The quantitative estimate of drug-likeness (QED) is 0.510. The van der Waals surface area contributed by atoms with E-state index in [1.54, 1.807) is 30.6 Å². The predicted molar refractivity (Wildman–Crippen MR) is 116 cm³/mol. The van der Waals surface area contributed by atoms with E-state index in [2.05, 4.69) is 15.4 Å². The van der Waals surface area contributed by atoms with Gasteiger partial charge in [0.1, 0.15) is 12.4 Å². The van der Waals surface area contributed by atoms with Crippen LogP contribution in [0.15, 0.2) is 79.1 Å². The maximum atomic E-state index is 12.9.